The van der Waals surface area contributed by atoms with E-state index in [1.165, 1.54) is 25.5 Å². The number of non-ortho nitro benzene ring substituents is 1. The molecule has 1 aliphatic carbocycles. The van der Waals surface area contributed by atoms with Crippen molar-refractivity contribution in [1.82, 2.24) is 0 Å². The molecule has 1 fully saturated rings. The normalized spacial score (nSPS) is 13.4. The summed E-state index contributed by atoms with van der Waals surface area (Å²) in [6.45, 7) is 0. The summed E-state index contributed by atoms with van der Waals surface area (Å²) >= 11 is 0. The maximum absolute atomic E-state index is 11.8. The molecule has 26 heavy (non-hydrogen) atoms. The summed E-state index contributed by atoms with van der Waals surface area (Å²) in [5.74, 6) is 0.559. The number of nitrogens with zero attached hydrogens (tertiary/aromatic N) is 2. The molecule has 2 aromatic carbocycles. The van der Waals surface area contributed by atoms with Gasteiger partial charge >= 0.3 is 5.97 Å². The molecule has 0 bridgehead atoms. The maximum Gasteiger partial charge on any atom is 0.314 e. The molecule has 0 aliphatic heterocycles. The third kappa shape index (κ3) is 4.35. The fourth-order valence-corrected chi connectivity index (χ4v) is 2.23. The maximum atomic E-state index is 11.8. The molecule has 0 spiro atoms. The molecule has 8 heteroatoms. The lowest BCUT2D eigenvalue weighted by atomic mass is 10.2. The molecule has 1 aliphatic rings. The quantitative estimate of drug-likeness (QED) is 0.268. The Morgan fingerprint density at radius 2 is 2.08 bits per heavy atom. The van der Waals surface area contributed by atoms with E-state index >= 15 is 0 Å². The second-order valence-corrected chi connectivity index (χ2v) is 5.78. The molecule has 1 saturated carbocycles. The first kappa shape index (κ1) is 17.4. The van der Waals surface area contributed by atoms with Gasteiger partial charge in [-0.05, 0) is 42.7 Å². The second-order valence-electron chi connectivity index (χ2n) is 5.78. The van der Waals surface area contributed by atoms with E-state index < -0.39 is 4.92 Å². The Bertz CT molecular complexity index is 862. The largest absolute Gasteiger partial charge is 0.493 e. The number of nitro benzene ring substituents is 1. The third-order valence-corrected chi connectivity index (χ3v) is 3.77. The molecule has 1 N–H and O–H groups in total. The average molecular weight is 355 g/mol. The fourth-order valence-electron chi connectivity index (χ4n) is 2.23. The Morgan fingerprint density at radius 1 is 1.27 bits per heavy atom. The summed E-state index contributed by atoms with van der Waals surface area (Å²) < 4.78 is 10.6. The van der Waals surface area contributed by atoms with Crippen LogP contribution in [0.3, 0.4) is 0 Å². The second kappa shape index (κ2) is 7.64. The highest BCUT2D eigenvalue weighted by molar-refractivity contribution is 5.83. The Labute approximate surface area is 149 Å². The van der Waals surface area contributed by atoms with E-state index in [2.05, 4.69) is 10.5 Å². The van der Waals surface area contributed by atoms with Crippen molar-refractivity contribution in [2.75, 3.05) is 12.5 Å². The molecule has 2 aromatic rings. The number of methoxy groups -OCH3 is 1. The Hall–Kier alpha value is -3.42. The number of hydrazone groups is 1. The molecule has 8 nitrogen and oxygen atoms in total. The number of ether oxygens (including phenoxy) is 2. The van der Waals surface area contributed by atoms with Crippen molar-refractivity contribution in [1.29, 1.82) is 0 Å². The zero-order valence-electron chi connectivity index (χ0n) is 14.0. The van der Waals surface area contributed by atoms with Crippen LogP contribution < -0.4 is 14.9 Å². The van der Waals surface area contributed by atoms with Crippen molar-refractivity contribution in [2.45, 2.75) is 12.8 Å². The van der Waals surface area contributed by atoms with Gasteiger partial charge in [0.05, 0.1) is 29.9 Å². The fraction of sp³-hybridized carbons (Fsp3) is 0.222. The lowest BCUT2D eigenvalue weighted by Gasteiger charge is -2.09. The van der Waals surface area contributed by atoms with E-state index in [9.17, 15) is 14.9 Å². The third-order valence-electron chi connectivity index (χ3n) is 3.77. The van der Waals surface area contributed by atoms with Gasteiger partial charge in [0.25, 0.3) is 5.69 Å². The highest BCUT2D eigenvalue weighted by atomic mass is 16.6. The first-order chi connectivity index (χ1) is 12.6. The van der Waals surface area contributed by atoms with Crippen molar-refractivity contribution in [3.63, 3.8) is 0 Å². The van der Waals surface area contributed by atoms with Gasteiger partial charge in [0.2, 0.25) is 0 Å². The van der Waals surface area contributed by atoms with E-state index in [1.54, 1.807) is 30.3 Å². The lowest BCUT2D eigenvalue weighted by Crippen LogP contribution is -2.10. The summed E-state index contributed by atoms with van der Waals surface area (Å²) in [4.78, 5) is 22.1. The van der Waals surface area contributed by atoms with Crippen LogP contribution in [0.25, 0.3) is 0 Å². The topological polar surface area (TPSA) is 103 Å². The van der Waals surface area contributed by atoms with Crippen molar-refractivity contribution >= 4 is 23.6 Å². The van der Waals surface area contributed by atoms with E-state index in [4.69, 9.17) is 9.47 Å². The summed E-state index contributed by atoms with van der Waals surface area (Å²) in [5.41, 5.74) is 3.93. The molecule has 0 atom stereocenters. The Morgan fingerprint density at radius 3 is 2.77 bits per heavy atom. The van der Waals surface area contributed by atoms with E-state index in [0.717, 1.165) is 12.8 Å². The van der Waals surface area contributed by atoms with Gasteiger partial charge in [0.15, 0.2) is 11.5 Å². The highest BCUT2D eigenvalue weighted by Gasteiger charge is 2.32. The number of rotatable bonds is 7. The van der Waals surface area contributed by atoms with Gasteiger partial charge in [-0.1, -0.05) is 6.07 Å². The van der Waals surface area contributed by atoms with Gasteiger partial charge in [-0.2, -0.15) is 5.10 Å². The minimum absolute atomic E-state index is 0.0000688. The predicted octanol–water partition coefficient (Wildman–Crippen LogP) is 3.36. The standard InChI is InChI=1S/C18H17N3O5/c1-25-17-9-12(5-8-16(17)26-18(22)13-6-7-13)11-19-20-14-3-2-4-15(10-14)21(23)24/h2-5,8-11,13,20H,6-7H2,1H3/b19-11-. The summed E-state index contributed by atoms with van der Waals surface area (Å²) in [6, 6.07) is 11.1. The van der Waals surface area contributed by atoms with Crippen LogP contribution in [-0.4, -0.2) is 24.2 Å². The lowest BCUT2D eigenvalue weighted by molar-refractivity contribution is -0.384. The van der Waals surface area contributed by atoms with Gasteiger partial charge in [-0.25, -0.2) is 0 Å². The molecule has 3 rings (SSSR count). The summed E-state index contributed by atoms with van der Waals surface area (Å²) in [7, 11) is 1.49. The highest BCUT2D eigenvalue weighted by Crippen LogP contribution is 2.34. The molecule has 0 amide bonds. The molecular weight excluding hydrogens is 338 g/mol. The number of benzene rings is 2. The number of carbonyl (C=O) groups is 1. The first-order valence-electron chi connectivity index (χ1n) is 8.00. The molecule has 0 radical (unpaired) electrons. The van der Waals surface area contributed by atoms with Crippen molar-refractivity contribution in [2.24, 2.45) is 11.0 Å². The number of hydrogen-bond donors (Lipinski definition) is 1. The number of esters is 1. The molecule has 134 valence electrons. The van der Waals surface area contributed by atoms with Gasteiger partial charge in [-0.15, -0.1) is 0 Å². The van der Waals surface area contributed by atoms with Crippen LogP contribution in [0, 0.1) is 16.0 Å². The number of hydrogen-bond acceptors (Lipinski definition) is 7. The Balaban J connectivity index is 1.67. The Kier molecular flexibility index (Phi) is 5.12. The zero-order valence-corrected chi connectivity index (χ0v) is 14.0. The number of anilines is 1. The van der Waals surface area contributed by atoms with Crippen LogP contribution in [0.4, 0.5) is 11.4 Å². The van der Waals surface area contributed by atoms with Gasteiger partial charge in [-0.3, -0.25) is 20.3 Å². The minimum Gasteiger partial charge on any atom is -0.493 e. The summed E-state index contributed by atoms with van der Waals surface area (Å²) in [5, 5.41) is 14.8. The average Bonchev–Trinajstić information content (AvgIpc) is 3.48. The van der Waals surface area contributed by atoms with Crippen LogP contribution in [0.15, 0.2) is 47.6 Å². The number of nitro groups is 1. The summed E-state index contributed by atoms with van der Waals surface area (Å²) in [6.07, 6.45) is 3.28. The zero-order chi connectivity index (χ0) is 18.5. The number of nitrogens with one attached hydrogen (secondary N) is 1. The van der Waals surface area contributed by atoms with Crippen molar-refractivity contribution in [3.8, 4) is 11.5 Å². The monoisotopic (exact) mass is 355 g/mol. The van der Waals surface area contributed by atoms with Gasteiger partial charge in [0.1, 0.15) is 0 Å². The van der Waals surface area contributed by atoms with Crippen molar-refractivity contribution in [3.05, 3.63) is 58.1 Å². The molecule has 0 unspecified atom stereocenters. The van der Waals surface area contributed by atoms with Crippen LogP contribution in [0.2, 0.25) is 0 Å². The van der Waals surface area contributed by atoms with E-state index in [0.29, 0.717) is 22.7 Å². The SMILES string of the molecule is COc1cc(/C=N\Nc2cccc([N+](=O)[O-])c2)ccc1OC(=O)C1CC1. The number of carbonyl (C=O) groups excluding carboxylic acids is 1. The molecule has 0 heterocycles. The molecular formula is C18H17N3O5. The van der Waals surface area contributed by atoms with Crippen LogP contribution in [-0.2, 0) is 4.79 Å². The van der Waals surface area contributed by atoms with Crippen LogP contribution >= 0.6 is 0 Å². The molecule has 0 aromatic heterocycles. The van der Waals surface area contributed by atoms with Crippen LogP contribution in [0.5, 0.6) is 11.5 Å². The minimum atomic E-state index is -0.471. The van der Waals surface area contributed by atoms with Crippen molar-refractivity contribution < 1.29 is 19.2 Å². The van der Waals surface area contributed by atoms with Gasteiger partial charge in [0, 0.05) is 12.1 Å². The first-order valence-corrected chi connectivity index (χ1v) is 8.00. The van der Waals surface area contributed by atoms with Gasteiger partial charge < -0.3 is 9.47 Å². The predicted molar refractivity (Wildman–Crippen MR) is 95.7 cm³/mol. The molecule has 0 saturated heterocycles. The van der Waals surface area contributed by atoms with E-state index in [-0.39, 0.29) is 17.6 Å². The smallest absolute Gasteiger partial charge is 0.314 e. The van der Waals surface area contributed by atoms with E-state index in [1.807, 2.05) is 0 Å². The van der Waals surface area contributed by atoms with Crippen LogP contribution in [0.1, 0.15) is 18.4 Å².